The Morgan fingerprint density at radius 3 is 1.73 bits per heavy atom. The minimum atomic E-state index is -0.386. The summed E-state index contributed by atoms with van der Waals surface area (Å²) in [5.74, 6) is 0. The average Bonchev–Trinajstić information content (AvgIpc) is 3.65. The Hall–Kier alpha value is -6.05. The second-order valence-corrected chi connectivity index (χ2v) is 13.1. The van der Waals surface area contributed by atoms with Gasteiger partial charge in [-0.15, -0.1) is 0 Å². The van der Waals surface area contributed by atoms with Crippen molar-refractivity contribution in [2.24, 2.45) is 4.99 Å². The molecule has 0 radical (unpaired) electrons. The standard InChI is InChI=1S/C48H35N/c1-33(36-20-14-21-37(31-36)35-18-6-3-7-19-35)30-46(49-32-34-16-4-2-5-17-34)41-25-15-29-45-47(41)40-24-10-13-28-44(40)48(45)42-26-11-8-22-38(42)39-23-9-12-27-43(39)48/h2-31H,32H2,1H3/b33-30+,49-46?. The Morgan fingerprint density at radius 1 is 0.510 bits per heavy atom. The van der Waals surface area contributed by atoms with Crippen LogP contribution in [0.15, 0.2) is 187 Å². The van der Waals surface area contributed by atoms with Crippen molar-refractivity contribution in [2.45, 2.75) is 18.9 Å². The number of aliphatic imine (C=N–C) groups is 1. The van der Waals surface area contributed by atoms with E-state index < -0.39 is 0 Å². The summed E-state index contributed by atoms with van der Waals surface area (Å²) in [6.45, 7) is 2.82. The monoisotopic (exact) mass is 625 g/mol. The second-order valence-electron chi connectivity index (χ2n) is 13.1. The molecule has 0 unspecified atom stereocenters. The highest BCUT2D eigenvalue weighted by atomic mass is 14.7. The fourth-order valence-electron chi connectivity index (χ4n) is 8.19. The van der Waals surface area contributed by atoms with Crippen molar-refractivity contribution >= 4 is 11.3 Å². The van der Waals surface area contributed by atoms with Gasteiger partial charge < -0.3 is 0 Å². The summed E-state index contributed by atoms with van der Waals surface area (Å²) in [5, 5.41) is 0. The summed E-state index contributed by atoms with van der Waals surface area (Å²) in [5.41, 5.74) is 18.3. The van der Waals surface area contributed by atoms with Crippen molar-refractivity contribution < 1.29 is 0 Å². The molecule has 1 nitrogen and oxygen atoms in total. The molecule has 7 aromatic rings. The third-order valence-electron chi connectivity index (χ3n) is 10.4. The number of allylic oxidation sites excluding steroid dienone is 2. The molecule has 0 N–H and O–H groups in total. The van der Waals surface area contributed by atoms with Gasteiger partial charge in [-0.25, -0.2) is 0 Å². The topological polar surface area (TPSA) is 12.4 Å². The van der Waals surface area contributed by atoms with Gasteiger partial charge in [-0.1, -0.05) is 170 Å². The molecule has 0 amide bonds. The molecule has 0 heterocycles. The van der Waals surface area contributed by atoms with E-state index in [1.54, 1.807) is 0 Å². The average molecular weight is 626 g/mol. The number of hydrogen-bond acceptors (Lipinski definition) is 1. The molecule has 0 aromatic heterocycles. The van der Waals surface area contributed by atoms with Gasteiger partial charge in [-0.05, 0) is 91.4 Å². The van der Waals surface area contributed by atoms with Crippen LogP contribution in [0.1, 0.15) is 45.9 Å². The number of fused-ring (bicyclic) bond motifs is 10. The first kappa shape index (κ1) is 29.1. The van der Waals surface area contributed by atoms with Gasteiger partial charge in [0.05, 0.1) is 17.7 Å². The van der Waals surface area contributed by atoms with E-state index >= 15 is 0 Å². The maximum absolute atomic E-state index is 5.40. The van der Waals surface area contributed by atoms with Gasteiger partial charge in [0.15, 0.2) is 0 Å². The third-order valence-corrected chi connectivity index (χ3v) is 10.4. The summed E-state index contributed by atoms with van der Waals surface area (Å²) < 4.78 is 0. The minimum absolute atomic E-state index is 0.386. The fraction of sp³-hybridized carbons (Fsp3) is 0.0625. The van der Waals surface area contributed by atoms with Crippen LogP contribution in [0.5, 0.6) is 0 Å². The Labute approximate surface area is 288 Å². The second kappa shape index (κ2) is 11.9. The lowest BCUT2D eigenvalue weighted by Gasteiger charge is -2.30. The molecule has 2 aliphatic carbocycles. The molecule has 0 saturated carbocycles. The van der Waals surface area contributed by atoms with Gasteiger partial charge in [0.1, 0.15) is 0 Å². The van der Waals surface area contributed by atoms with Gasteiger partial charge >= 0.3 is 0 Å². The normalized spacial score (nSPS) is 13.9. The van der Waals surface area contributed by atoms with Crippen molar-refractivity contribution in [1.29, 1.82) is 0 Å². The van der Waals surface area contributed by atoms with E-state index in [4.69, 9.17) is 4.99 Å². The van der Waals surface area contributed by atoms with Crippen molar-refractivity contribution in [2.75, 3.05) is 0 Å². The lowest BCUT2D eigenvalue weighted by Crippen LogP contribution is -2.25. The molecule has 49 heavy (non-hydrogen) atoms. The largest absolute Gasteiger partial charge is 0.280 e. The van der Waals surface area contributed by atoms with Gasteiger partial charge in [0, 0.05) is 5.56 Å². The zero-order valence-electron chi connectivity index (χ0n) is 27.5. The molecule has 1 heteroatoms. The van der Waals surface area contributed by atoms with Crippen molar-refractivity contribution in [1.82, 2.24) is 0 Å². The van der Waals surface area contributed by atoms with Gasteiger partial charge in [0.25, 0.3) is 0 Å². The van der Waals surface area contributed by atoms with Crippen LogP contribution < -0.4 is 0 Å². The Balaban J connectivity index is 1.27. The van der Waals surface area contributed by atoms with E-state index in [0.29, 0.717) is 6.54 Å². The smallest absolute Gasteiger partial charge is 0.0725 e. The summed E-state index contributed by atoms with van der Waals surface area (Å²) in [7, 11) is 0. The minimum Gasteiger partial charge on any atom is -0.280 e. The van der Waals surface area contributed by atoms with E-state index in [2.05, 4.69) is 189 Å². The van der Waals surface area contributed by atoms with Gasteiger partial charge in [-0.3, -0.25) is 4.99 Å². The van der Waals surface area contributed by atoms with Crippen LogP contribution in [0.25, 0.3) is 39.0 Å². The Bertz CT molecular complexity index is 2370. The highest BCUT2D eigenvalue weighted by Gasteiger charge is 2.52. The third kappa shape index (κ3) is 4.65. The molecular weight excluding hydrogens is 591 g/mol. The van der Waals surface area contributed by atoms with Crippen molar-refractivity contribution in [3.05, 3.63) is 221 Å². The molecular formula is C48H35N. The van der Waals surface area contributed by atoms with Crippen LogP contribution in [0.2, 0.25) is 0 Å². The number of hydrogen-bond donors (Lipinski definition) is 0. The lowest BCUT2D eigenvalue weighted by molar-refractivity contribution is 0.793. The van der Waals surface area contributed by atoms with E-state index in [9.17, 15) is 0 Å². The van der Waals surface area contributed by atoms with E-state index in [-0.39, 0.29) is 5.41 Å². The maximum atomic E-state index is 5.40. The summed E-state index contributed by atoms with van der Waals surface area (Å²) >= 11 is 0. The van der Waals surface area contributed by atoms with Crippen LogP contribution in [0.3, 0.4) is 0 Å². The van der Waals surface area contributed by atoms with Crippen LogP contribution in [-0.2, 0) is 12.0 Å². The molecule has 7 aromatic carbocycles. The first-order valence-corrected chi connectivity index (χ1v) is 17.1. The Kier molecular flexibility index (Phi) is 7.06. The van der Waals surface area contributed by atoms with Crippen molar-refractivity contribution in [3.8, 4) is 33.4 Å². The zero-order valence-corrected chi connectivity index (χ0v) is 27.5. The molecule has 2 aliphatic rings. The van der Waals surface area contributed by atoms with E-state index in [1.165, 1.54) is 72.3 Å². The van der Waals surface area contributed by atoms with Crippen LogP contribution >= 0.6 is 0 Å². The molecule has 0 aliphatic heterocycles. The highest BCUT2D eigenvalue weighted by molar-refractivity contribution is 6.17. The molecule has 0 fully saturated rings. The summed E-state index contributed by atoms with van der Waals surface area (Å²) in [6.07, 6.45) is 2.30. The molecule has 1 spiro atoms. The van der Waals surface area contributed by atoms with E-state index in [0.717, 1.165) is 11.3 Å². The first-order chi connectivity index (χ1) is 24.2. The summed E-state index contributed by atoms with van der Waals surface area (Å²) in [4.78, 5) is 5.40. The predicted octanol–water partition coefficient (Wildman–Crippen LogP) is 11.8. The zero-order chi connectivity index (χ0) is 32.8. The molecule has 0 bridgehead atoms. The van der Waals surface area contributed by atoms with Crippen LogP contribution in [0, 0.1) is 0 Å². The highest BCUT2D eigenvalue weighted by Crippen LogP contribution is 2.63. The Morgan fingerprint density at radius 2 is 1.04 bits per heavy atom. The van der Waals surface area contributed by atoms with Crippen LogP contribution in [0.4, 0.5) is 0 Å². The summed E-state index contributed by atoms with van der Waals surface area (Å²) in [6, 6.07) is 63.9. The van der Waals surface area contributed by atoms with Gasteiger partial charge in [-0.2, -0.15) is 0 Å². The number of nitrogens with zero attached hydrogens (tertiary/aromatic N) is 1. The molecule has 9 rings (SSSR count). The molecule has 0 saturated heterocycles. The predicted molar refractivity (Wildman–Crippen MR) is 205 cm³/mol. The fourth-order valence-corrected chi connectivity index (χ4v) is 8.19. The number of benzene rings is 7. The van der Waals surface area contributed by atoms with Gasteiger partial charge in [0.2, 0.25) is 0 Å². The quantitative estimate of drug-likeness (QED) is 0.163. The first-order valence-electron chi connectivity index (χ1n) is 17.1. The maximum Gasteiger partial charge on any atom is 0.0725 e. The lowest BCUT2D eigenvalue weighted by atomic mass is 9.70. The SMILES string of the molecule is C/C(=C\C(=NCc1ccccc1)c1cccc2c1-c1ccccc1C21c2ccccc2-c2ccccc21)c1cccc(-c2ccccc2)c1. The van der Waals surface area contributed by atoms with Crippen LogP contribution in [-0.4, -0.2) is 5.71 Å². The molecule has 232 valence electrons. The van der Waals surface area contributed by atoms with Crippen molar-refractivity contribution in [3.63, 3.8) is 0 Å². The number of rotatable bonds is 6. The molecule has 0 atom stereocenters. The van der Waals surface area contributed by atoms with E-state index in [1.807, 2.05) is 0 Å².